The predicted molar refractivity (Wildman–Crippen MR) is 80.1 cm³/mol. The van der Waals surface area contributed by atoms with E-state index in [4.69, 9.17) is 5.11 Å². The molecule has 0 radical (unpaired) electrons. The molecule has 0 spiro atoms. The maximum absolute atomic E-state index is 10.8. The van der Waals surface area contributed by atoms with E-state index < -0.39 is 5.97 Å². The Hall–Kier alpha value is -0.550. The molecule has 1 heterocycles. The summed E-state index contributed by atoms with van der Waals surface area (Å²) in [5.74, 6) is 0.0952. The number of carbonyl (C=O) groups is 1. The van der Waals surface area contributed by atoms with Crippen LogP contribution in [0.5, 0.6) is 0 Å². The summed E-state index contributed by atoms with van der Waals surface area (Å²) >= 11 is 3.42. The van der Waals surface area contributed by atoms with Gasteiger partial charge in [0.1, 0.15) is 0 Å². The molecule has 1 N–H and O–H groups in total. The molecule has 1 aliphatic rings. The van der Waals surface area contributed by atoms with E-state index in [-0.39, 0.29) is 6.42 Å². The Balaban J connectivity index is 1.97. The lowest BCUT2D eigenvalue weighted by Crippen LogP contribution is -2.16. The summed E-state index contributed by atoms with van der Waals surface area (Å²) in [4.78, 5) is 16.2. The van der Waals surface area contributed by atoms with Gasteiger partial charge in [-0.05, 0) is 25.7 Å². The van der Waals surface area contributed by atoms with Gasteiger partial charge < -0.3 is 5.11 Å². The zero-order valence-corrected chi connectivity index (χ0v) is 13.1. The molecule has 1 fully saturated rings. The van der Waals surface area contributed by atoms with Crippen LogP contribution in [-0.2, 0) is 11.2 Å². The van der Waals surface area contributed by atoms with E-state index in [2.05, 4.69) is 11.9 Å². The zero-order chi connectivity index (χ0) is 13.8. The van der Waals surface area contributed by atoms with E-state index in [1.54, 1.807) is 11.3 Å². The monoisotopic (exact) mass is 299 g/mol. The predicted octanol–water partition coefficient (Wildman–Crippen LogP) is 4.14. The normalized spacial score (nSPS) is 23.5. The highest BCUT2D eigenvalue weighted by Gasteiger charge is 2.23. The third-order valence-electron chi connectivity index (χ3n) is 3.76. The Morgan fingerprint density at radius 1 is 1.53 bits per heavy atom. The lowest BCUT2D eigenvalue weighted by molar-refractivity contribution is -0.136. The first kappa shape index (κ1) is 14.9. The van der Waals surface area contributed by atoms with Crippen LogP contribution >= 0.6 is 23.1 Å². The maximum Gasteiger partial charge on any atom is 0.308 e. The number of aliphatic carboxylic acids is 1. The van der Waals surface area contributed by atoms with Gasteiger partial charge in [-0.2, -0.15) is 0 Å². The first-order valence-electron chi connectivity index (χ1n) is 6.93. The molecule has 0 saturated heterocycles. The quantitative estimate of drug-likeness (QED) is 0.887. The Kier molecular flexibility index (Phi) is 5.28. The molecule has 0 aliphatic heterocycles. The van der Waals surface area contributed by atoms with Crippen molar-refractivity contribution in [3.8, 4) is 0 Å². The van der Waals surface area contributed by atoms with E-state index in [0.717, 1.165) is 20.8 Å². The van der Waals surface area contributed by atoms with Gasteiger partial charge in [0.15, 0.2) is 4.34 Å². The van der Waals surface area contributed by atoms with Crippen LogP contribution in [0, 0.1) is 12.8 Å². The van der Waals surface area contributed by atoms with Gasteiger partial charge in [-0.15, -0.1) is 11.3 Å². The summed E-state index contributed by atoms with van der Waals surface area (Å²) in [6.07, 6.45) is 6.63. The molecule has 2 unspecified atom stereocenters. The van der Waals surface area contributed by atoms with Crippen molar-refractivity contribution in [2.24, 2.45) is 5.92 Å². The van der Waals surface area contributed by atoms with Gasteiger partial charge >= 0.3 is 5.97 Å². The first-order valence-corrected chi connectivity index (χ1v) is 8.62. The number of rotatable bonds is 5. The lowest BCUT2D eigenvalue weighted by atomic mass is 9.87. The molecule has 2 atom stereocenters. The van der Waals surface area contributed by atoms with Crippen LogP contribution in [0.15, 0.2) is 4.34 Å². The van der Waals surface area contributed by atoms with Crippen LogP contribution < -0.4 is 0 Å². The van der Waals surface area contributed by atoms with Crippen molar-refractivity contribution in [2.45, 2.75) is 62.0 Å². The third-order valence-corrected chi connectivity index (χ3v) is 6.31. The molecule has 1 saturated carbocycles. The second-order valence-electron chi connectivity index (χ2n) is 5.24. The molecular formula is C14H21NO2S2. The highest BCUT2D eigenvalue weighted by atomic mass is 32.2. The van der Waals surface area contributed by atoms with Crippen LogP contribution in [-0.4, -0.2) is 21.3 Å². The summed E-state index contributed by atoms with van der Waals surface area (Å²) in [7, 11) is 0. The molecule has 0 aromatic carbocycles. The molecule has 3 nitrogen and oxygen atoms in total. The van der Waals surface area contributed by atoms with Gasteiger partial charge in [-0.3, -0.25) is 4.79 Å². The average Bonchev–Trinajstić information content (AvgIpc) is 2.69. The van der Waals surface area contributed by atoms with Crippen LogP contribution in [0.1, 0.15) is 49.6 Å². The Morgan fingerprint density at radius 3 is 3.00 bits per heavy atom. The Bertz CT molecular complexity index is 445. The van der Waals surface area contributed by atoms with Gasteiger partial charge in [-0.1, -0.05) is 37.9 Å². The number of aryl methyl sites for hydroxylation is 1. The van der Waals surface area contributed by atoms with Crippen molar-refractivity contribution in [1.82, 2.24) is 4.98 Å². The highest BCUT2D eigenvalue weighted by molar-refractivity contribution is 8.01. The largest absolute Gasteiger partial charge is 0.481 e. The van der Waals surface area contributed by atoms with E-state index in [9.17, 15) is 4.79 Å². The number of carboxylic acid groups (broad SMARTS) is 1. The van der Waals surface area contributed by atoms with Crippen LogP contribution in [0.3, 0.4) is 0 Å². The molecule has 2 rings (SSSR count). The summed E-state index contributed by atoms with van der Waals surface area (Å²) in [6, 6.07) is 0. The first-order chi connectivity index (χ1) is 9.08. The molecule has 5 heteroatoms. The van der Waals surface area contributed by atoms with Gasteiger partial charge in [0, 0.05) is 10.1 Å². The van der Waals surface area contributed by atoms with Crippen LogP contribution in [0.4, 0.5) is 0 Å². The number of hydrogen-bond acceptors (Lipinski definition) is 4. The summed E-state index contributed by atoms with van der Waals surface area (Å²) < 4.78 is 1.05. The highest BCUT2D eigenvalue weighted by Crippen LogP contribution is 2.39. The number of carboxylic acids is 1. The van der Waals surface area contributed by atoms with Gasteiger partial charge in [0.05, 0.1) is 12.1 Å². The second-order valence-corrected chi connectivity index (χ2v) is 7.87. The van der Waals surface area contributed by atoms with Crippen molar-refractivity contribution in [2.75, 3.05) is 0 Å². The SMILES string of the molecule is CCC1CCCC(Sc2nc(C)c(CC(=O)O)s2)C1. The van der Waals surface area contributed by atoms with Gasteiger partial charge in [0.25, 0.3) is 0 Å². The molecule has 1 aromatic heterocycles. The van der Waals surface area contributed by atoms with Crippen molar-refractivity contribution in [3.05, 3.63) is 10.6 Å². The van der Waals surface area contributed by atoms with E-state index in [1.807, 2.05) is 18.7 Å². The van der Waals surface area contributed by atoms with Crippen LogP contribution in [0.2, 0.25) is 0 Å². The maximum atomic E-state index is 10.8. The Labute approximate surface area is 122 Å². The fraction of sp³-hybridized carbons (Fsp3) is 0.714. The van der Waals surface area contributed by atoms with Crippen molar-refractivity contribution < 1.29 is 9.90 Å². The fourth-order valence-corrected chi connectivity index (χ4v) is 5.43. The number of nitrogens with zero attached hydrogens (tertiary/aromatic N) is 1. The van der Waals surface area contributed by atoms with Crippen LogP contribution in [0.25, 0.3) is 0 Å². The van der Waals surface area contributed by atoms with Crippen molar-refractivity contribution in [3.63, 3.8) is 0 Å². The second kappa shape index (κ2) is 6.75. The zero-order valence-electron chi connectivity index (χ0n) is 11.5. The number of thiazole rings is 1. The fourth-order valence-electron chi connectivity index (χ4n) is 2.62. The smallest absolute Gasteiger partial charge is 0.308 e. The summed E-state index contributed by atoms with van der Waals surface area (Å²) in [5, 5.41) is 9.53. The Morgan fingerprint density at radius 2 is 2.32 bits per heavy atom. The van der Waals surface area contributed by atoms with Gasteiger partial charge in [-0.25, -0.2) is 4.98 Å². The third kappa shape index (κ3) is 4.21. The molecule has 1 aliphatic carbocycles. The van der Waals surface area contributed by atoms with E-state index in [0.29, 0.717) is 5.25 Å². The van der Waals surface area contributed by atoms with Crippen molar-refractivity contribution >= 4 is 29.1 Å². The molecule has 0 bridgehead atoms. The minimum absolute atomic E-state index is 0.103. The number of aromatic nitrogens is 1. The van der Waals surface area contributed by atoms with E-state index in [1.165, 1.54) is 32.1 Å². The minimum Gasteiger partial charge on any atom is -0.481 e. The average molecular weight is 299 g/mol. The standard InChI is InChI=1S/C14H21NO2S2/c1-3-10-5-4-6-11(7-10)18-14-15-9(2)12(19-14)8-13(16)17/h10-11H,3-8H2,1-2H3,(H,16,17). The van der Waals surface area contributed by atoms with Crippen molar-refractivity contribution in [1.29, 1.82) is 0 Å². The molecule has 1 aromatic rings. The lowest BCUT2D eigenvalue weighted by Gasteiger charge is -2.27. The van der Waals surface area contributed by atoms with E-state index >= 15 is 0 Å². The topological polar surface area (TPSA) is 50.2 Å². The minimum atomic E-state index is -0.771. The number of thioether (sulfide) groups is 1. The molecular weight excluding hydrogens is 278 g/mol. The molecule has 0 amide bonds. The number of hydrogen-bond donors (Lipinski definition) is 1. The summed E-state index contributed by atoms with van der Waals surface area (Å²) in [6.45, 7) is 4.19. The molecule has 19 heavy (non-hydrogen) atoms. The molecule has 106 valence electrons. The summed E-state index contributed by atoms with van der Waals surface area (Å²) in [5.41, 5.74) is 0.887. The van der Waals surface area contributed by atoms with Gasteiger partial charge in [0.2, 0.25) is 0 Å².